The first-order chi connectivity index (χ1) is 8.66. The minimum Gasteiger partial charge on any atom is -0.351 e. The largest absolute Gasteiger partial charge is 0.351 e. The summed E-state index contributed by atoms with van der Waals surface area (Å²) in [7, 11) is 0. The van der Waals surface area contributed by atoms with Crippen molar-refractivity contribution in [3.63, 3.8) is 0 Å². The monoisotopic (exact) mass is 267 g/mol. The molecule has 1 aromatic heterocycles. The number of carbonyl (C=O) groups is 1. The molecule has 94 valence electrons. The van der Waals surface area contributed by atoms with Crippen LogP contribution in [-0.2, 0) is 6.42 Å². The van der Waals surface area contributed by atoms with Crippen molar-refractivity contribution in [2.45, 2.75) is 6.42 Å². The molecule has 0 radical (unpaired) electrons. The predicted molar refractivity (Wildman–Crippen MR) is 66.7 cm³/mol. The number of benzene rings is 1. The van der Waals surface area contributed by atoms with Crippen LogP contribution in [-0.4, -0.2) is 12.5 Å². The van der Waals surface area contributed by atoms with Gasteiger partial charge in [0.2, 0.25) is 0 Å². The SMILES string of the molecule is O=C(NCCc1cc(F)ccc1F)c1cccs1. The van der Waals surface area contributed by atoms with E-state index in [4.69, 9.17) is 0 Å². The number of rotatable bonds is 4. The van der Waals surface area contributed by atoms with E-state index in [2.05, 4.69) is 5.32 Å². The minimum absolute atomic E-state index is 0.193. The van der Waals surface area contributed by atoms with Crippen molar-refractivity contribution < 1.29 is 13.6 Å². The Bertz CT molecular complexity index is 540. The average Bonchev–Trinajstić information content (AvgIpc) is 2.87. The Kier molecular flexibility index (Phi) is 4.04. The molecule has 0 spiro atoms. The van der Waals surface area contributed by atoms with Gasteiger partial charge in [-0.1, -0.05) is 6.07 Å². The Balaban J connectivity index is 1.89. The Hall–Kier alpha value is -1.75. The van der Waals surface area contributed by atoms with Gasteiger partial charge in [0.25, 0.3) is 5.91 Å². The fraction of sp³-hybridized carbons (Fsp3) is 0.154. The molecule has 2 aromatic rings. The van der Waals surface area contributed by atoms with Gasteiger partial charge in [0.1, 0.15) is 11.6 Å². The van der Waals surface area contributed by atoms with Crippen molar-refractivity contribution in [1.29, 1.82) is 0 Å². The standard InChI is InChI=1S/C13H11F2NOS/c14-10-3-4-11(15)9(8-10)5-6-16-13(17)12-2-1-7-18-12/h1-4,7-8H,5-6H2,(H,16,17). The van der Waals surface area contributed by atoms with E-state index in [0.29, 0.717) is 4.88 Å². The van der Waals surface area contributed by atoms with Gasteiger partial charge in [-0.15, -0.1) is 11.3 Å². The average molecular weight is 267 g/mol. The molecular formula is C13H11F2NOS. The Morgan fingerprint density at radius 3 is 2.83 bits per heavy atom. The summed E-state index contributed by atoms with van der Waals surface area (Å²) in [5, 5.41) is 4.47. The van der Waals surface area contributed by atoms with Crippen LogP contribution in [0, 0.1) is 11.6 Å². The highest BCUT2D eigenvalue weighted by molar-refractivity contribution is 7.12. The summed E-state index contributed by atoms with van der Waals surface area (Å²) in [4.78, 5) is 12.2. The summed E-state index contributed by atoms with van der Waals surface area (Å²) in [6.45, 7) is 0.275. The third-order valence-corrected chi connectivity index (χ3v) is 3.30. The number of thiophene rings is 1. The third kappa shape index (κ3) is 3.13. The van der Waals surface area contributed by atoms with E-state index < -0.39 is 11.6 Å². The van der Waals surface area contributed by atoms with Crippen LogP contribution >= 0.6 is 11.3 Å². The normalized spacial score (nSPS) is 10.3. The van der Waals surface area contributed by atoms with Crippen molar-refractivity contribution in [1.82, 2.24) is 5.32 Å². The van der Waals surface area contributed by atoms with Crippen molar-refractivity contribution >= 4 is 17.2 Å². The molecule has 1 aromatic carbocycles. The molecule has 0 aliphatic carbocycles. The highest BCUT2D eigenvalue weighted by atomic mass is 32.1. The lowest BCUT2D eigenvalue weighted by atomic mass is 10.1. The van der Waals surface area contributed by atoms with Crippen LogP contribution in [0.15, 0.2) is 35.7 Å². The van der Waals surface area contributed by atoms with E-state index >= 15 is 0 Å². The number of carbonyl (C=O) groups excluding carboxylic acids is 1. The smallest absolute Gasteiger partial charge is 0.261 e. The van der Waals surface area contributed by atoms with E-state index in [1.165, 1.54) is 11.3 Å². The predicted octanol–water partition coefficient (Wildman–Crippen LogP) is 3.00. The third-order valence-electron chi connectivity index (χ3n) is 2.43. The summed E-state index contributed by atoms with van der Waals surface area (Å²) in [5.41, 5.74) is 0.265. The van der Waals surface area contributed by atoms with Gasteiger partial charge in [-0.2, -0.15) is 0 Å². The molecule has 5 heteroatoms. The number of hydrogen-bond donors (Lipinski definition) is 1. The quantitative estimate of drug-likeness (QED) is 0.906. The van der Waals surface area contributed by atoms with Crippen LogP contribution in [0.3, 0.4) is 0 Å². The molecular weight excluding hydrogens is 256 g/mol. The lowest BCUT2D eigenvalue weighted by Crippen LogP contribution is -2.25. The summed E-state index contributed by atoms with van der Waals surface area (Å²) in [5.74, 6) is -1.13. The summed E-state index contributed by atoms with van der Waals surface area (Å²) < 4.78 is 26.2. The van der Waals surface area contributed by atoms with Crippen molar-refractivity contribution in [3.05, 3.63) is 57.8 Å². The summed E-state index contributed by atoms with van der Waals surface area (Å²) >= 11 is 1.34. The fourth-order valence-electron chi connectivity index (χ4n) is 1.54. The molecule has 0 atom stereocenters. The molecule has 1 heterocycles. The van der Waals surface area contributed by atoms with E-state index in [1.54, 1.807) is 17.5 Å². The van der Waals surface area contributed by atoms with Crippen LogP contribution < -0.4 is 5.32 Å². The van der Waals surface area contributed by atoms with Gasteiger partial charge < -0.3 is 5.32 Å². The van der Waals surface area contributed by atoms with Crippen LogP contribution in [0.1, 0.15) is 15.2 Å². The molecule has 0 aliphatic rings. The molecule has 2 nitrogen and oxygen atoms in total. The molecule has 0 fully saturated rings. The molecule has 1 N–H and O–H groups in total. The van der Waals surface area contributed by atoms with Gasteiger partial charge >= 0.3 is 0 Å². The summed E-state index contributed by atoms with van der Waals surface area (Å²) in [6, 6.07) is 6.80. The zero-order valence-corrected chi connectivity index (χ0v) is 10.3. The first-order valence-electron chi connectivity index (χ1n) is 5.42. The molecule has 1 amide bonds. The minimum atomic E-state index is -0.476. The zero-order valence-electron chi connectivity index (χ0n) is 9.45. The van der Waals surface area contributed by atoms with E-state index in [9.17, 15) is 13.6 Å². The maximum Gasteiger partial charge on any atom is 0.261 e. The Morgan fingerprint density at radius 2 is 2.11 bits per heavy atom. The second kappa shape index (κ2) is 5.73. The molecule has 2 rings (SSSR count). The van der Waals surface area contributed by atoms with Crippen molar-refractivity contribution in [2.75, 3.05) is 6.54 Å². The van der Waals surface area contributed by atoms with Crippen LogP contribution in [0.5, 0.6) is 0 Å². The first-order valence-corrected chi connectivity index (χ1v) is 6.30. The van der Waals surface area contributed by atoms with Gasteiger partial charge in [-0.05, 0) is 41.6 Å². The highest BCUT2D eigenvalue weighted by Crippen LogP contribution is 2.10. The topological polar surface area (TPSA) is 29.1 Å². The Morgan fingerprint density at radius 1 is 1.28 bits per heavy atom. The van der Waals surface area contributed by atoms with Crippen molar-refractivity contribution in [2.24, 2.45) is 0 Å². The maximum absolute atomic E-state index is 13.3. The number of nitrogens with one attached hydrogen (secondary N) is 1. The number of amides is 1. The van der Waals surface area contributed by atoms with E-state index in [-0.39, 0.29) is 24.4 Å². The second-order valence-corrected chi connectivity index (χ2v) is 4.67. The molecule has 0 unspecified atom stereocenters. The molecule has 0 bridgehead atoms. The van der Waals surface area contributed by atoms with Gasteiger partial charge in [0.05, 0.1) is 4.88 Å². The lowest BCUT2D eigenvalue weighted by molar-refractivity contribution is 0.0958. The van der Waals surface area contributed by atoms with Gasteiger partial charge in [0, 0.05) is 6.54 Å². The molecule has 0 aliphatic heterocycles. The summed E-state index contributed by atoms with van der Waals surface area (Å²) in [6.07, 6.45) is 0.265. The second-order valence-electron chi connectivity index (χ2n) is 3.72. The maximum atomic E-state index is 13.3. The van der Waals surface area contributed by atoms with Gasteiger partial charge in [0.15, 0.2) is 0 Å². The Labute approximate surface area is 107 Å². The fourth-order valence-corrected chi connectivity index (χ4v) is 2.18. The van der Waals surface area contributed by atoms with Gasteiger partial charge in [-0.3, -0.25) is 4.79 Å². The zero-order chi connectivity index (χ0) is 13.0. The van der Waals surface area contributed by atoms with Gasteiger partial charge in [-0.25, -0.2) is 8.78 Å². The number of hydrogen-bond acceptors (Lipinski definition) is 2. The highest BCUT2D eigenvalue weighted by Gasteiger charge is 2.07. The molecule has 0 saturated heterocycles. The van der Waals surface area contributed by atoms with Crippen LogP contribution in [0.4, 0.5) is 8.78 Å². The molecule has 0 saturated carbocycles. The molecule has 18 heavy (non-hydrogen) atoms. The van der Waals surface area contributed by atoms with Crippen LogP contribution in [0.2, 0.25) is 0 Å². The van der Waals surface area contributed by atoms with Crippen LogP contribution in [0.25, 0.3) is 0 Å². The number of halogens is 2. The lowest BCUT2D eigenvalue weighted by Gasteiger charge is -2.05. The van der Waals surface area contributed by atoms with Crippen molar-refractivity contribution in [3.8, 4) is 0 Å². The first kappa shape index (κ1) is 12.7. The van der Waals surface area contributed by atoms with E-state index in [0.717, 1.165) is 18.2 Å². The van der Waals surface area contributed by atoms with E-state index in [1.807, 2.05) is 0 Å².